The lowest BCUT2D eigenvalue weighted by atomic mass is 10.1. The van der Waals surface area contributed by atoms with Crippen LogP contribution in [-0.2, 0) is 0 Å². The molecule has 1 aromatic rings. The molecule has 0 spiro atoms. The Morgan fingerprint density at radius 1 is 1.05 bits per heavy atom. The van der Waals surface area contributed by atoms with Crippen molar-refractivity contribution in [3.05, 3.63) is 35.4 Å². The number of carbonyl (C=O) groups is 2. The standard InChI is InChI=1S/C17H26N2O2/c1-4-5-6-10-18-16(20)14-8-7-9-15(11-14)17(21)19-12-13(2)3/h7-9,11,13H,4-6,10,12H2,1-3H3,(H,18,20)(H,19,21). The molecule has 2 N–H and O–H groups in total. The van der Waals surface area contributed by atoms with Gasteiger partial charge in [-0.05, 0) is 30.5 Å². The highest BCUT2D eigenvalue weighted by atomic mass is 16.2. The number of unbranched alkanes of at least 4 members (excludes halogenated alkanes) is 2. The Morgan fingerprint density at radius 2 is 1.67 bits per heavy atom. The Morgan fingerprint density at radius 3 is 2.24 bits per heavy atom. The van der Waals surface area contributed by atoms with Gasteiger partial charge in [-0.2, -0.15) is 0 Å². The first-order valence-corrected chi connectivity index (χ1v) is 7.71. The fraction of sp³-hybridized carbons (Fsp3) is 0.529. The summed E-state index contributed by atoms with van der Waals surface area (Å²) in [5.74, 6) is 0.146. The fourth-order valence-corrected chi connectivity index (χ4v) is 1.88. The Kier molecular flexibility index (Phi) is 7.51. The molecule has 1 aromatic carbocycles. The van der Waals surface area contributed by atoms with E-state index in [1.807, 2.05) is 13.8 Å². The van der Waals surface area contributed by atoms with Crippen molar-refractivity contribution in [1.82, 2.24) is 10.6 Å². The molecule has 0 saturated carbocycles. The van der Waals surface area contributed by atoms with Gasteiger partial charge < -0.3 is 10.6 Å². The van der Waals surface area contributed by atoms with Gasteiger partial charge in [0.1, 0.15) is 0 Å². The van der Waals surface area contributed by atoms with E-state index in [1.165, 1.54) is 0 Å². The lowest BCUT2D eigenvalue weighted by Crippen LogP contribution is -2.28. The van der Waals surface area contributed by atoms with Crippen LogP contribution in [0.2, 0.25) is 0 Å². The smallest absolute Gasteiger partial charge is 0.251 e. The summed E-state index contributed by atoms with van der Waals surface area (Å²) in [6.45, 7) is 7.52. The highest BCUT2D eigenvalue weighted by Gasteiger charge is 2.10. The van der Waals surface area contributed by atoms with Crippen LogP contribution in [0.25, 0.3) is 0 Å². The van der Waals surface area contributed by atoms with Crippen LogP contribution in [0.1, 0.15) is 60.7 Å². The molecule has 116 valence electrons. The molecule has 0 saturated heterocycles. The molecule has 0 aliphatic heterocycles. The summed E-state index contributed by atoms with van der Waals surface area (Å²) >= 11 is 0. The van der Waals surface area contributed by atoms with E-state index < -0.39 is 0 Å². The maximum absolute atomic E-state index is 12.0. The summed E-state index contributed by atoms with van der Waals surface area (Å²) in [6, 6.07) is 6.84. The van der Waals surface area contributed by atoms with E-state index >= 15 is 0 Å². The van der Waals surface area contributed by atoms with Gasteiger partial charge in [0.05, 0.1) is 0 Å². The summed E-state index contributed by atoms with van der Waals surface area (Å²) in [5.41, 5.74) is 1.06. The van der Waals surface area contributed by atoms with Crippen molar-refractivity contribution < 1.29 is 9.59 Å². The van der Waals surface area contributed by atoms with Gasteiger partial charge in [-0.25, -0.2) is 0 Å². The molecule has 2 amide bonds. The van der Waals surface area contributed by atoms with Crippen molar-refractivity contribution in [1.29, 1.82) is 0 Å². The molecule has 0 aliphatic rings. The van der Waals surface area contributed by atoms with Crippen molar-refractivity contribution in [3.63, 3.8) is 0 Å². The average Bonchev–Trinajstić information content (AvgIpc) is 2.49. The maximum atomic E-state index is 12.0. The van der Waals surface area contributed by atoms with Crippen LogP contribution in [0, 0.1) is 5.92 Å². The number of amides is 2. The van der Waals surface area contributed by atoms with E-state index in [4.69, 9.17) is 0 Å². The van der Waals surface area contributed by atoms with Gasteiger partial charge in [-0.15, -0.1) is 0 Å². The highest BCUT2D eigenvalue weighted by Crippen LogP contribution is 2.06. The number of nitrogens with one attached hydrogen (secondary N) is 2. The summed E-state index contributed by atoms with van der Waals surface area (Å²) in [7, 11) is 0. The molecule has 0 aliphatic carbocycles. The zero-order valence-corrected chi connectivity index (χ0v) is 13.2. The highest BCUT2D eigenvalue weighted by molar-refractivity contribution is 5.99. The molecule has 0 atom stereocenters. The first kappa shape index (κ1) is 17.2. The normalized spacial score (nSPS) is 10.5. The molecule has 0 radical (unpaired) electrons. The van der Waals surface area contributed by atoms with Crippen LogP contribution in [0.5, 0.6) is 0 Å². The molecule has 4 nitrogen and oxygen atoms in total. The second kappa shape index (κ2) is 9.16. The predicted octanol–water partition coefficient (Wildman–Crippen LogP) is 2.99. The predicted molar refractivity (Wildman–Crippen MR) is 85.5 cm³/mol. The number of rotatable bonds is 8. The van der Waals surface area contributed by atoms with Crippen molar-refractivity contribution >= 4 is 11.8 Å². The lowest BCUT2D eigenvalue weighted by molar-refractivity contribution is 0.0949. The van der Waals surface area contributed by atoms with Gasteiger partial charge in [-0.1, -0.05) is 39.7 Å². The lowest BCUT2D eigenvalue weighted by Gasteiger charge is -2.09. The summed E-state index contributed by atoms with van der Waals surface area (Å²) in [6.07, 6.45) is 3.22. The van der Waals surface area contributed by atoms with Gasteiger partial charge in [0.25, 0.3) is 11.8 Å². The molecular weight excluding hydrogens is 264 g/mol. The van der Waals surface area contributed by atoms with E-state index in [9.17, 15) is 9.59 Å². The van der Waals surface area contributed by atoms with Crippen LogP contribution in [0.3, 0.4) is 0 Å². The van der Waals surface area contributed by atoms with Crippen LogP contribution in [0.15, 0.2) is 24.3 Å². The van der Waals surface area contributed by atoms with E-state index in [2.05, 4.69) is 17.6 Å². The van der Waals surface area contributed by atoms with Gasteiger partial charge >= 0.3 is 0 Å². The third kappa shape index (κ3) is 6.43. The van der Waals surface area contributed by atoms with Crippen LogP contribution in [0.4, 0.5) is 0 Å². The summed E-state index contributed by atoms with van der Waals surface area (Å²) in [4.78, 5) is 24.0. The van der Waals surface area contributed by atoms with Crippen LogP contribution in [-0.4, -0.2) is 24.9 Å². The summed E-state index contributed by atoms with van der Waals surface area (Å²) in [5, 5.41) is 5.73. The second-order valence-electron chi connectivity index (χ2n) is 5.65. The minimum Gasteiger partial charge on any atom is -0.352 e. The quantitative estimate of drug-likeness (QED) is 0.723. The topological polar surface area (TPSA) is 58.2 Å². The molecule has 21 heavy (non-hydrogen) atoms. The largest absolute Gasteiger partial charge is 0.352 e. The zero-order chi connectivity index (χ0) is 15.7. The molecule has 0 bridgehead atoms. The molecule has 1 rings (SSSR count). The van der Waals surface area contributed by atoms with Crippen molar-refractivity contribution in [2.45, 2.75) is 40.0 Å². The first-order chi connectivity index (χ1) is 10.0. The zero-order valence-electron chi connectivity index (χ0n) is 13.2. The minimum absolute atomic E-state index is 0.121. The molecule has 0 unspecified atom stereocenters. The number of carbonyl (C=O) groups excluding carboxylic acids is 2. The first-order valence-electron chi connectivity index (χ1n) is 7.71. The van der Waals surface area contributed by atoms with Gasteiger partial charge in [-0.3, -0.25) is 9.59 Å². The van der Waals surface area contributed by atoms with Gasteiger partial charge in [0.2, 0.25) is 0 Å². The van der Waals surface area contributed by atoms with E-state index in [0.29, 0.717) is 30.1 Å². The monoisotopic (exact) mass is 290 g/mol. The molecule has 0 heterocycles. The minimum atomic E-state index is -0.135. The number of benzene rings is 1. The molecule has 0 fully saturated rings. The second-order valence-corrected chi connectivity index (χ2v) is 5.65. The number of hydrogen-bond acceptors (Lipinski definition) is 2. The Balaban J connectivity index is 2.58. The SMILES string of the molecule is CCCCCNC(=O)c1cccc(C(=O)NCC(C)C)c1. The third-order valence-electron chi connectivity index (χ3n) is 3.12. The third-order valence-corrected chi connectivity index (χ3v) is 3.12. The molecule has 4 heteroatoms. The molecule has 0 aromatic heterocycles. The van der Waals surface area contributed by atoms with Crippen LogP contribution >= 0.6 is 0 Å². The van der Waals surface area contributed by atoms with Gasteiger partial charge in [0, 0.05) is 24.2 Å². The van der Waals surface area contributed by atoms with Gasteiger partial charge in [0.15, 0.2) is 0 Å². The van der Waals surface area contributed by atoms with E-state index in [0.717, 1.165) is 19.3 Å². The Bertz CT molecular complexity index is 470. The van der Waals surface area contributed by atoms with Crippen LogP contribution < -0.4 is 10.6 Å². The molecular formula is C17H26N2O2. The Labute approximate surface area is 127 Å². The average molecular weight is 290 g/mol. The summed E-state index contributed by atoms with van der Waals surface area (Å²) < 4.78 is 0. The van der Waals surface area contributed by atoms with Crippen molar-refractivity contribution in [3.8, 4) is 0 Å². The van der Waals surface area contributed by atoms with Crippen molar-refractivity contribution in [2.75, 3.05) is 13.1 Å². The maximum Gasteiger partial charge on any atom is 0.251 e. The van der Waals surface area contributed by atoms with E-state index in [-0.39, 0.29) is 11.8 Å². The fourth-order valence-electron chi connectivity index (χ4n) is 1.88. The number of hydrogen-bond donors (Lipinski definition) is 2. The Hall–Kier alpha value is -1.84. The van der Waals surface area contributed by atoms with E-state index in [1.54, 1.807) is 24.3 Å². The van der Waals surface area contributed by atoms with Crippen molar-refractivity contribution in [2.24, 2.45) is 5.92 Å².